The molecule has 3 aromatic rings. The third-order valence-corrected chi connectivity index (χ3v) is 4.32. The molecule has 0 radical (unpaired) electrons. The molecule has 0 bridgehead atoms. The first kappa shape index (κ1) is 20.4. The van der Waals surface area contributed by atoms with Crippen LogP contribution in [-0.4, -0.2) is 30.1 Å². The minimum atomic E-state index is -1.08. The van der Waals surface area contributed by atoms with E-state index in [1.54, 1.807) is 25.1 Å². The molecule has 0 saturated carbocycles. The number of nitrogens with one attached hydrogen (secondary N) is 1. The van der Waals surface area contributed by atoms with E-state index in [9.17, 15) is 9.59 Å². The number of ether oxygens (including phenoxy) is 2. The van der Waals surface area contributed by atoms with Gasteiger partial charge in [0.1, 0.15) is 11.5 Å². The fourth-order valence-electron chi connectivity index (χ4n) is 2.57. The first-order valence-electron chi connectivity index (χ1n) is 8.77. The van der Waals surface area contributed by atoms with E-state index in [4.69, 9.17) is 25.5 Å². The van der Waals surface area contributed by atoms with Crippen LogP contribution in [0.5, 0.6) is 5.75 Å². The van der Waals surface area contributed by atoms with Gasteiger partial charge in [0, 0.05) is 10.6 Å². The van der Waals surface area contributed by atoms with Crippen molar-refractivity contribution in [3.8, 4) is 17.2 Å². The van der Waals surface area contributed by atoms with Crippen molar-refractivity contribution in [3.63, 3.8) is 0 Å². The number of esters is 1. The Balaban J connectivity index is 1.70. The number of amides is 1. The van der Waals surface area contributed by atoms with Gasteiger partial charge in [-0.25, -0.2) is 9.78 Å². The zero-order chi connectivity index (χ0) is 21.0. The molecule has 0 unspecified atom stereocenters. The Hall–Kier alpha value is -3.32. The van der Waals surface area contributed by atoms with Gasteiger partial charge in [-0.15, -0.1) is 0 Å². The number of benzene rings is 2. The fourth-order valence-corrected chi connectivity index (χ4v) is 2.74. The summed E-state index contributed by atoms with van der Waals surface area (Å²) < 4.78 is 16.0. The molecule has 1 heterocycles. The summed E-state index contributed by atoms with van der Waals surface area (Å²) >= 11 is 5.96. The quantitative estimate of drug-likeness (QED) is 0.597. The molecule has 0 aliphatic carbocycles. The lowest BCUT2D eigenvalue weighted by atomic mass is 10.2. The third-order valence-electron chi connectivity index (χ3n) is 4.08. The summed E-state index contributed by atoms with van der Waals surface area (Å²) in [6.45, 7) is 3.06. The summed E-state index contributed by atoms with van der Waals surface area (Å²) in [4.78, 5) is 29.1. The Kier molecular flexibility index (Phi) is 6.19. The molecule has 2 aromatic carbocycles. The number of aromatic nitrogens is 1. The van der Waals surface area contributed by atoms with Crippen molar-refractivity contribution < 1.29 is 23.5 Å². The van der Waals surface area contributed by atoms with Crippen LogP contribution in [0.2, 0.25) is 5.02 Å². The summed E-state index contributed by atoms with van der Waals surface area (Å²) in [7, 11) is 1.47. The fraction of sp³-hybridized carbons (Fsp3) is 0.190. The highest BCUT2D eigenvalue weighted by Crippen LogP contribution is 2.28. The zero-order valence-electron chi connectivity index (χ0n) is 16.1. The van der Waals surface area contributed by atoms with Gasteiger partial charge in [-0.2, -0.15) is 0 Å². The molecule has 29 heavy (non-hydrogen) atoms. The number of anilines is 1. The maximum absolute atomic E-state index is 12.5. The SMILES string of the molecule is COc1ccc(Cl)cc1NC(=O)[C@H](C)OC(=O)c1nc(-c2ccccc2)oc1C. The molecule has 1 N–H and O–H groups in total. The van der Waals surface area contributed by atoms with Crippen molar-refractivity contribution in [1.29, 1.82) is 0 Å². The lowest BCUT2D eigenvalue weighted by Gasteiger charge is -2.15. The van der Waals surface area contributed by atoms with Gasteiger partial charge in [-0.05, 0) is 44.2 Å². The molecule has 3 rings (SSSR count). The number of hydrogen-bond acceptors (Lipinski definition) is 6. The number of carbonyl (C=O) groups is 2. The maximum Gasteiger partial charge on any atom is 0.361 e. The molecule has 0 spiro atoms. The Labute approximate surface area is 172 Å². The molecule has 0 fully saturated rings. The van der Waals surface area contributed by atoms with Gasteiger partial charge in [0.25, 0.3) is 5.91 Å². The third kappa shape index (κ3) is 4.75. The Bertz CT molecular complexity index is 1030. The van der Waals surface area contributed by atoms with E-state index in [1.807, 2.05) is 30.3 Å². The molecule has 0 aliphatic rings. The van der Waals surface area contributed by atoms with Crippen LogP contribution < -0.4 is 10.1 Å². The second-order valence-electron chi connectivity index (χ2n) is 6.17. The molecule has 8 heteroatoms. The standard InChI is InChI=1S/C21H19ClN2O5/c1-12-18(24-20(28-12)14-7-5-4-6-8-14)21(26)29-13(2)19(25)23-16-11-15(22)9-10-17(16)27-3/h4-11,13H,1-3H3,(H,23,25)/t13-/m0/s1. The zero-order valence-corrected chi connectivity index (χ0v) is 16.8. The van der Waals surface area contributed by atoms with Gasteiger partial charge >= 0.3 is 5.97 Å². The summed E-state index contributed by atoms with van der Waals surface area (Å²) in [5.74, 6) is -0.257. The van der Waals surface area contributed by atoms with Crippen LogP contribution in [0, 0.1) is 6.92 Å². The monoisotopic (exact) mass is 414 g/mol. The van der Waals surface area contributed by atoms with E-state index < -0.39 is 18.0 Å². The smallest absolute Gasteiger partial charge is 0.361 e. The topological polar surface area (TPSA) is 90.7 Å². The van der Waals surface area contributed by atoms with Crippen LogP contribution in [0.3, 0.4) is 0 Å². The van der Waals surface area contributed by atoms with E-state index in [-0.39, 0.29) is 5.69 Å². The Morgan fingerprint density at radius 3 is 2.59 bits per heavy atom. The predicted octanol–water partition coefficient (Wildman–Crippen LogP) is 4.50. The molecular weight excluding hydrogens is 396 g/mol. The highest BCUT2D eigenvalue weighted by Gasteiger charge is 2.25. The molecule has 7 nitrogen and oxygen atoms in total. The van der Waals surface area contributed by atoms with Crippen LogP contribution in [-0.2, 0) is 9.53 Å². The second-order valence-corrected chi connectivity index (χ2v) is 6.61. The average Bonchev–Trinajstić information content (AvgIpc) is 3.10. The van der Waals surface area contributed by atoms with Crippen molar-refractivity contribution >= 4 is 29.2 Å². The summed E-state index contributed by atoms with van der Waals surface area (Å²) in [6, 6.07) is 14.0. The number of oxazole rings is 1. The molecule has 1 amide bonds. The molecule has 1 atom stereocenters. The number of aryl methyl sites for hydroxylation is 1. The summed E-state index contributed by atoms with van der Waals surface area (Å²) in [5.41, 5.74) is 1.12. The predicted molar refractivity (Wildman–Crippen MR) is 108 cm³/mol. The van der Waals surface area contributed by atoms with E-state index in [0.29, 0.717) is 28.1 Å². The minimum Gasteiger partial charge on any atom is -0.495 e. The number of nitrogens with zero attached hydrogens (tertiary/aromatic N) is 1. The molecule has 150 valence electrons. The minimum absolute atomic E-state index is 0.0174. The van der Waals surface area contributed by atoms with Gasteiger partial charge < -0.3 is 19.2 Å². The lowest BCUT2D eigenvalue weighted by Crippen LogP contribution is -2.30. The van der Waals surface area contributed by atoms with Gasteiger partial charge in [0.05, 0.1) is 12.8 Å². The largest absolute Gasteiger partial charge is 0.495 e. The van der Waals surface area contributed by atoms with Crippen molar-refractivity contribution in [3.05, 3.63) is 65.0 Å². The number of hydrogen-bond donors (Lipinski definition) is 1. The van der Waals surface area contributed by atoms with Gasteiger partial charge in [0.2, 0.25) is 5.89 Å². The molecule has 0 aliphatic heterocycles. The summed E-state index contributed by atoms with van der Waals surface area (Å²) in [6.07, 6.45) is -1.08. The second kappa shape index (κ2) is 8.79. The number of methoxy groups -OCH3 is 1. The average molecular weight is 415 g/mol. The maximum atomic E-state index is 12.5. The lowest BCUT2D eigenvalue weighted by molar-refractivity contribution is -0.123. The van der Waals surface area contributed by atoms with Gasteiger partial charge in [0.15, 0.2) is 11.8 Å². The summed E-state index contributed by atoms with van der Waals surface area (Å²) in [5, 5.41) is 3.06. The van der Waals surface area contributed by atoms with Crippen molar-refractivity contribution in [2.45, 2.75) is 20.0 Å². The number of halogens is 1. The van der Waals surface area contributed by atoms with E-state index in [1.165, 1.54) is 14.0 Å². The van der Waals surface area contributed by atoms with E-state index in [2.05, 4.69) is 10.3 Å². The van der Waals surface area contributed by atoms with Crippen LogP contribution in [0.4, 0.5) is 5.69 Å². The molecule has 0 saturated heterocycles. The van der Waals surface area contributed by atoms with Crippen molar-refractivity contribution in [2.75, 3.05) is 12.4 Å². The van der Waals surface area contributed by atoms with Crippen molar-refractivity contribution in [1.82, 2.24) is 4.98 Å². The van der Waals surface area contributed by atoms with Crippen LogP contribution >= 0.6 is 11.6 Å². The molecular formula is C21H19ClN2O5. The first-order chi connectivity index (χ1) is 13.9. The highest BCUT2D eigenvalue weighted by molar-refractivity contribution is 6.31. The first-order valence-corrected chi connectivity index (χ1v) is 9.15. The highest BCUT2D eigenvalue weighted by atomic mass is 35.5. The van der Waals surface area contributed by atoms with Crippen LogP contribution in [0.15, 0.2) is 52.9 Å². The van der Waals surface area contributed by atoms with Crippen LogP contribution in [0.1, 0.15) is 23.2 Å². The number of carbonyl (C=O) groups excluding carboxylic acids is 2. The molecule has 1 aromatic heterocycles. The van der Waals surface area contributed by atoms with Gasteiger partial charge in [-0.3, -0.25) is 4.79 Å². The van der Waals surface area contributed by atoms with E-state index >= 15 is 0 Å². The Morgan fingerprint density at radius 1 is 1.17 bits per heavy atom. The normalized spacial score (nSPS) is 11.6. The van der Waals surface area contributed by atoms with Crippen LogP contribution in [0.25, 0.3) is 11.5 Å². The van der Waals surface area contributed by atoms with Crippen molar-refractivity contribution in [2.24, 2.45) is 0 Å². The Morgan fingerprint density at radius 2 is 1.90 bits per heavy atom. The van der Waals surface area contributed by atoms with Gasteiger partial charge in [-0.1, -0.05) is 29.8 Å². The van der Waals surface area contributed by atoms with E-state index in [0.717, 1.165) is 5.56 Å². The number of rotatable bonds is 6.